The van der Waals surface area contributed by atoms with E-state index in [0.29, 0.717) is 11.8 Å². The Labute approximate surface area is 104 Å². The fourth-order valence-corrected chi connectivity index (χ4v) is 2.29. The summed E-state index contributed by atoms with van der Waals surface area (Å²) in [6.45, 7) is 5.32. The number of aromatic nitrogens is 3. The molecule has 2 atom stereocenters. The summed E-state index contributed by atoms with van der Waals surface area (Å²) in [7, 11) is 1.73. The van der Waals surface area contributed by atoms with Crippen LogP contribution in [0.15, 0.2) is 0 Å². The largest absolute Gasteiger partial charge is 0.481 e. The number of nitrogens with zero attached hydrogens (tertiary/aromatic N) is 3. The van der Waals surface area contributed by atoms with Crippen molar-refractivity contribution in [3.8, 4) is 0 Å². The lowest BCUT2D eigenvalue weighted by atomic mass is 10.1. The summed E-state index contributed by atoms with van der Waals surface area (Å²) < 4.78 is 1.64. The van der Waals surface area contributed by atoms with Gasteiger partial charge in [0.15, 0.2) is 0 Å². The van der Waals surface area contributed by atoms with Crippen LogP contribution in [-0.4, -0.2) is 31.7 Å². The lowest BCUT2D eigenvalue weighted by Crippen LogP contribution is -2.20. The molecule has 1 amide bonds. The van der Waals surface area contributed by atoms with Crippen molar-refractivity contribution in [3.05, 3.63) is 5.82 Å². The molecule has 98 valence electrons. The van der Waals surface area contributed by atoms with Crippen molar-refractivity contribution in [3.63, 3.8) is 0 Å². The van der Waals surface area contributed by atoms with Gasteiger partial charge in [0, 0.05) is 7.05 Å². The Morgan fingerprint density at radius 2 is 1.94 bits per heavy atom. The van der Waals surface area contributed by atoms with Gasteiger partial charge in [-0.3, -0.25) is 14.9 Å². The van der Waals surface area contributed by atoms with E-state index in [2.05, 4.69) is 15.5 Å². The highest BCUT2D eigenvalue weighted by Gasteiger charge is 2.66. The van der Waals surface area contributed by atoms with E-state index in [1.54, 1.807) is 32.4 Å². The molecule has 2 N–H and O–H groups in total. The predicted molar refractivity (Wildman–Crippen MR) is 62.8 cm³/mol. The maximum Gasteiger partial charge on any atom is 0.307 e. The zero-order valence-corrected chi connectivity index (χ0v) is 10.8. The minimum Gasteiger partial charge on any atom is -0.481 e. The Balaban J connectivity index is 2.11. The number of carbonyl (C=O) groups excluding carboxylic acids is 1. The highest BCUT2D eigenvalue weighted by Crippen LogP contribution is 2.58. The molecule has 1 aliphatic rings. The standard InChI is InChI=1S/C11H16N4O3/c1-5-13-14-10(15(5)4)12-8(16)6-7(9(17)18)11(6,2)3/h6-7H,1-4H3,(H,17,18)(H,12,14,16)/t6-,7+/m0/s1. The molecule has 2 rings (SSSR count). The summed E-state index contributed by atoms with van der Waals surface area (Å²) in [5, 5.41) is 19.3. The number of carboxylic acids is 1. The normalized spacial score (nSPS) is 24.7. The predicted octanol–water partition coefficient (Wildman–Crippen LogP) is 0.419. The molecule has 7 nitrogen and oxygen atoms in total. The van der Waals surface area contributed by atoms with Gasteiger partial charge in [-0.2, -0.15) is 0 Å². The van der Waals surface area contributed by atoms with Crippen molar-refractivity contribution in [2.75, 3.05) is 5.32 Å². The van der Waals surface area contributed by atoms with E-state index in [-0.39, 0.29) is 5.91 Å². The number of aryl methyl sites for hydroxylation is 1. The van der Waals surface area contributed by atoms with Crippen molar-refractivity contribution in [1.82, 2.24) is 14.8 Å². The number of carboxylic acid groups (broad SMARTS) is 1. The zero-order chi connectivity index (χ0) is 13.7. The van der Waals surface area contributed by atoms with Crippen LogP contribution in [0.5, 0.6) is 0 Å². The Morgan fingerprint density at radius 3 is 2.33 bits per heavy atom. The third-order valence-electron chi connectivity index (χ3n) is 3.70. The second-order valence-corrected chi connectivity index (χ2v) is 5.23. The van der Waals surface area contributed by atoms with Gasteiger partial charge in [-0.05, 0) is 12.3 Å². The molecule has 0 radical (unpaired) electrons. The number of rotatable bonds is 3. The molecule has 1 aromatic heterocycles. The number of nitrogens with one attached hydrogen (secondary N) is 1. The minimum atomic E-state index is -0.936. The minimum absolute atomic E-state index is 0.317. The van der Waals surface area contributed by atoms with Crippen LogP contribution >= 0.6 is 0 Å². The van der Waals surface area contributed by atoms with E-state index in [0.717, 1.165) is 0 Å². The van der Waals surface area contributed by atoms with E-state index >= 15 is 0 Å². The Morgan fingerprint density at radius 1 is 1.33 bits per heavy atom. The lowest BCUT2D eigenvalue weighted by molar-refractivity contribution is -0.140. The van der Waals surface area contributed by atoms with Crippen LogP contribution in [0.2, 0.25) is 0 Å². The van der Waals surface area contributed by atoms with Crippen molar-refractivity contribution in [2.45, 2.75) is 20.8 Å². The summed E-state index contributed by atoms with van der Waals surface area (Å²) >= 11 is 0. The molecule has 1 fully saturated rings. The molecular weight excluding hydrogens is 236 g/mol. The highest BCUT2D eigenvalue weighted by atomic mass is 16.4. The van der Waals surface area contributed by atoms with Gasteiger partial charge < -0.3 is 9.67 Å². The van der Waals surface area contributed by atoms with E-state index in [1.165, 1.54) is 0 Å². The maximum absolute atomic E-state index is 12.0. The summed E-state index contributed by atoms with van der Waals surface area (Å²) in [6, 6.07) is 0. The highest BCUT2D eigenvalue weighted by molar-refractivity contribution is 5.98. The topological polar surface area (TPSA) is 97.1 Å². The molecule has 0 aromatic carbocycles. The molecule has 0 aliphatic heterocycles. The number of amides is 1. The molecule has 0 bridgehead atoms. The second-order valence-electron chi connectivity index (χ2n) is 5.23. The van der Waals surface area contributed by atoms with Crippen LogP contribution in [0.25, 0.3) is 0 Å². The van der Waals surface area contributed by atoms with Crippen molar-refractivity contribution < 1.29 is 14.7 Å². The molecule has 0 spiro atoms. The molecule has 1 aromatic rings. The molecule has 18 heavy (non-hydrogen) atoms. The molecule has 1 saturated carbocycles. The lowest BCUT2D eigenvalue weighted by Gasteiger charge is -2.05. The van der Waals surface area contributed by atoms with Gasteiger partial charge in [0.2, 0.25) is 11.9 Å². The second kappa shape index (κ2) is 3.79. The van der Waals surface area contributed by atoms with Crippen LogP contribution in [0, 0.1) is 24.2 Å². The monoisotopic (exact) mass is 252 g/mol. The number of aliphatic carboxylic acids is 1. The zero-order valence-electron chi connectivity index (χ0n) is 10.8. The van der Waals surface area contributed by atoms with Gasteiger partial charge in [-0.25, -0.2) is 0 Å². The molecule has 1 aliphatic carbocycles. The summed E-state index contributed by atoms with van der Waals surface area (Å²) in [6.07, 6.45) is 0. The quantitative estimate of drug-likeness (QED) is 0.812. The van der Waals surface area contributed by atoms with Crippen molar-refractivity contribution in [1.29, 1.82) is 0 Å². The first-order valence-electron chi connectivity index (χ1n) is 5.66. The Kier molecular flexibility index (Phi) is 2.64. The van der Waals surface area contributed by atoms with Crippen molar-refractivity contribution >= 4 is 17.8 Å². The van der Waals surface area contributed by atoms with Crippen LogP contribution in [-0.2, 0) is 16.6 Å². The fraction of sp³-hybridized carbons (Fsp3) is 0.636. The average Bonchev–Trinajstić information content (AvgIpc) is 2.73. The van der Waals surface area contributed by atoms with Crippen LogP contribution < -0.4 is 5.32 Å². The number of carbonyl (C=O) groups is 2. The van der Waals surface area contributed by atoms with E-state index in [9.17, 15) is 9.59 Å². The van der Waals surface area contributed by atoms with Gasteiger partial charge in [-0.15, -0.1) is 10.2 Å². The van der Waals surface area contributed by atoms with Gasteiger partial charge in [0.05, 0.1) is 11.8 Å². The van der Waals surface area contributed by atoms with Crippen LogP contribution in [0.4, 0.5) is 5.95 Å². The van der Waals surface area contributed by atoms with Gasteiger partial charge in [0.25, 0.3) is 0 Å². The number of anilines is 1. The number of hydrogen-bond acceptors (Lipinski definition) is 4. The smallest absolute Gasteiger partial charge is 0.307 e. The molecule has 0 unspecified atom stereocenters. The third-order valence-corrected chi connectivity index (χ3v) is 3.70. The average molecular weight is 252 g/mol. The Bertz CT molecular complexity index is 520. The Hall–Kier alpha value is -1.92. The number of hydrogen-bond donors (Lipinski definition) is 2. The first-order chi connectivity index (χ1) is 8.26. The summed E-state index contributed by atoms with van der Waals surface area (Å²) in [4.78, 5) is 23.0. The maximum atomic E-state index is 12.0. The van der Waals surface area contributed by atoms with Crippen molar-refractivity contribution in [2.24, 2.45) is 24.3 Å². The molecule has 0 saturated heterocycles. The molecule has 1 heterocycles. The fourth-order valence-electron chi connectivity index (χ4n) is 2.29. The SMILES string of the molecule is Cc1nnc(NC(=O)[C@@H]2[C@H](C(=O)O)C2(C)C)n1C. The summed E-state index contributed by atoms with van der Waals surface area (Å²) in [5.41, 5.74) is -0.510. The molecular formula is C11H16N4O3. The first-order valence-corrected chi connectivity index (χ1v) is 5.66. The first kappa shape index (κ1) is 12.5. The summed E-state index contributed by atoms with van der Waals surface area (Å²) in [5.74, 6) is -1.39. The third kappa shape index (κ3) is 1.75. The van der Waals surface area contributed by atoms with Gasteiger partial charge in [0.1, 0.15) is 5.82 Å². The van der Waals surface area contributed by atoms with E-state index in [4.69, 9.17) is 5.11 Å². The van der Waals surface area contributed by atoms with E-state index < -0.39 is 23.2 Å². The van der Waals surface area contributed by atoms with Gasteiger partial charge >= 0.3 is 5.97 Å². The van der Waals surface area contributed by atoms with Crippen LogP contribution in [0.3, 0.4) is 0 Å². The van der Waals surface area contributed by atoms with Gasteiger partial charge in [-0.1, -0.05) is 13.8 Å². The van der Waals surface area contributed by atoms with E-state index in [1.807, 2.05) is 0 Å². The molecule has 7 heteroatoms. The van der Waals surface area contributed by atoms with Crippen LogP contribution in [0.1, 0.15) is 19.7 Å².